The van der Waals surface area contributed by atoms with Crippen LogP contribution in [0.25, 0.3) is 0 Å². The van der Waals surface area contributed by atoms with Crippen molar-refractivity contribution in [1.82, 2.24) is 5.32 Å². The summed E-state index contributed by atoms with van der Waals surface area (Å²) in [4.78, 5) is 0. The Labute approximate surface area is 49.4 Å². The lowest BCUT2D eigenvalue weighted by Crippen LogP contribution is -2.03. The fourth-order valence-corrected chi connectivity index (χ4v) is 0.549. The number of allylic oxidation sites excluding steroid dienone is 5. The summed E-state index contributed by atoms with van der Waals surface area (Å²) in [5.41, 5.74) is 1.03. The first-order valence-electron chi connectivity index (χ1n) is 2.58. The monoisotopic (exact) mass is 106 g/mol. The maximum atomic E-state index is 3.01. The van der Waals surface area contributed by atoms with Crippen molar-refractivity contribution in [2.75, 3.05) is 7.05 Å². The Balaban J connectivity index is 2.68. The van der Waals surface area contributed by atoms with Crippen LogP contribution >= 0.6 is 0 Å². The fraction of sp³-hybridized carbons (Fsp3) is 0.143. The summed E-state index contributed by atoms with van der Waals surface area (Å²) in [6.45, 7) is 0. The van der Waals surface area contributed by atoms with Crippen molar-refractivity contribution in [3.8, 4) is 0 Å². The molecule has 40 valence electrons. The molecule has 0 atom stereocenters. The van der Waals surface area contributed by atoms with Crippen molar-refractivity contribution in [2.24, 2.45) is 0 Å². The zero-order chi connectivity index (χ0) is 5.82. The van der Waals surface area contributed by atoms with Crippen LogP contribution in [0.1, 0.15) is 0 Å². The molecule has 0 spiro atoms. The van der Waals surface area contributed by atoms with Gasteiger partial charge in [-0.05, 0) is 0 Å². The minimum Gasteiger partial charge on any atom is -0.359 e. The topological polar surface area (TPSA) is 12.0 Å². The second-order valence-corrected chi connectivity index (χ2v) is 1.53. The maximum absolute atomic E-state index is 3.01. The Morgan fingerprint density at radius 1 is 1.50 bits per heavy atom. The molecule has 0 saturated carbocycles. The quantitative estimate of drug-likeness (QED) is 0.492. The highest BCUT2D eigenvalue weighted by atomic mass is 14.8. The number of rotatable bonds is 1. The number of hydrogen-bond donors (Lipinski definition) is 1. The minimum absolute atomic E-state index is 1.03. The second-order valence-electron chi connectivity index (χ2n) is 1.53. The molecule has 0 aromatic rings. The van der Waals surface area contributed by atoms with Gasteiger partial charge >= 0.3 is 0 Å². The summed E-state index contributed by atoms with van der Waals surface area (Å²) in [5.74, 6) is 0. The smallest absolute Gasteiger partial charge is 0.202 e. The summed E-state index contributed by atoms with van der Waals surface area (Å²) in [7, 11) is 1.88. The molecule has 1 aliphatic carbocycles. The van der Waals surface area contributed by atoms with E-state index in [2.05, 4.69) is 11.4 Å². The summed E-state index contributed by atoms with van der Waals surface area (Å²) >= 11 is 0. The minimum atomic E-state index is 1.03. The van der Waals surface area contributed by atoms with E-state index < -0.39 is 0 Å². The van der Waals surface area contributed by atoms with Gasteiger partial charge in [-0.3, -0.25) is 0 Å². The Kier molecular flexibility index (Phi) is 1.45. The molecule has 0 aromatic heterocycles. The van der Waals surface area contributed by atoms with Gasteiger partial charge in [-0.2, -0.15) is 0 Å². The standard InChI is InChI=1S/C7H8N/c1-8-7-5-3-2-4-6-7/h2-5,8H,1H3/q+1. The Morgan fingerprint density at radius 3 is 2.75 bits per heavy atom. The van der Waals surface area contributed by atoms with Crippen molar-refractivity contribution >= 4 is 0 Å². The zero-order valence-electron chi connectivity index (χ0n) is 4.81. The molecule has 1 N–H and O–H groups in total. The van der Waals surface area contributed by atoms with Gasteiger partial charge in [-0.25, -0.2) is 0 Å². The molecule has 0 bridgehead atoms. The third kappa shape index (κ3) is 0.955. The van der Waals surface area contributed by atoms with Gasteiger partial charge in [-0.15, -0.1) is 0 Å². The van der Waals surface area contributed by atoms with Gasteiger partial charge in [-0.1, -0.05) is 0 Å². The molecule has 0 heterocycles. The lowest BCUT2D eigenvalue weighted by Gasteiger charge is -1.88. The molecule has 0 radical (unpaired) electrons. The van der Waals surface area contributed by atoms with Gasteiger partial charge in [0, 0.05) is 13.1 Å². The molecule has 1 nitrogen and oxygen atoms in total. The lowest BCUT2D eigenvalue weighted by molar-refractivity contribution is 1.02. The van der Waals surface area contributed by atoms with Gasteiger partial charge in [0.05, 0.1) is 18.2 Å². The van der Waals surface area contributed by atoms with Crippen molar-refractivity contribution < 1.29 is 0 Å². The molecular formula is C7H8N+. The van der Waals surface area contributed by atoms with E-state index >= 15 is 0 Å². The van der Waals surface area contributed by atoms with E-state index in [1.807, 2.05) is 31.4 Å². The molecule has 0 aromatic carbocycles. The third-order valence-corrected chi connectivity index (χ3v) is 0.978. The van der Waals surface area contributed by atoms with Crippen molar-refractivity contribution in [3.63, 3.8) is 0 Å². The highest BCUT2D eigenvalue weighted by Crippen LogP contribution is 1.95. The van der Waals surface area contributed by atoms with E-state index in [0.717, 1.165) is 5.70 Å². The molecular weight excluding hydrogens is 98.1 g/mol. The molecule has 8 heavy (non-hydrogen) atoms. The van der Waals surface area contributed by atoms with E-state index in [9.17, 15) is 0 Å². The van der Waals surface area contributed by atoms with Crippen LogP contribution in [0.15, 0.2) is 30.0 Å². The van der Waals surface area contributed by atoms with Gasteiger partial charge in [0.15, 0.2) is 0 Å². The molecule has 0 saturated heterocycles. The Morgan fingerprint density at radius 2 is 2.38 bits per heavy atom. The molecule has 0 fully saturated rings. The molecule has 0 aliphatic heterocycles. The predicted molar refractivity (Wildman–Crippen MR) is 34.1 cm³/mol. The van der Waals surface area contributed by atoms with E-state index in [1.165, 1.54) is 0 Å². The Hall–Kier alpha value is -1.07. The van der Waals surface area contributed by atoms with Crippen LogP contribution in [0.5, 0.6) is 0 Å². The van der Waals surface area contributed by atoms with Crippen LogP contribution in [0, 0.1) is 6.08 Å². The first kappa shape index (κ1) is 5.07. The summed E-state index contributed by atoms with van der Waals surface area (Å²) in [5, 5.41) is 2.97. The van der Waals surface area contributed by atoms with Crippen molar-refractivity contribution in [1.29, 1.82) is 0 Å². The average Bonchev–Trinajstić information content (AvgIpc) is 1.90. The largest absolute Gasteiger partial charge is 0.359 e. The van der Waals surface area contributed by atoms with Crippen LogP contribution in [-0.4, -0.2) is 7.05 Å². The zero-order valence-corrected chi connectivity index (χ0v) is 4.81. The molecule has 0 unspecified atom stereocenters. The SMILES string of the molecule is CNC1=CC=CC=[C+]1. The van der Waals surface area contributed by atoms with Crippen molar-refractivity contribution in [3.05, 3.63) is 36.1 Å². The molecule has 1 heteroatoms. The van der Waals surface area contributed by atoms with Gasteiger partial charge < -0.3 is 5.32 Å². The van der Waals surface area contributed by atoms with Crippen LogP contribution < -0.4 is 5.32 Å². The van der Waals surface area contributed by atoms with Gasteiger partial charge in [0.2, 0.25) is 5.70 Å². The van der Waals surface area contributed by atoms with Crippen LogP contribution in [0.3, 0.4) is 0 Å². The van der Waals surface area contributed by atoms with Crippen LogP contribution in [0.4, 0.5) is 0 Å². The fourth-order valence-electron chi connectivity index (χ4n) is 0.549. The third-order valence-electron chi connectivity index (χ3n) is 0.978. The highest BCUT2D eigenvalue weighted by Gasteiger charge is 1.96. The van der Waals surface area contributed by atoms with Gasteiger partial charge in [0.25, 0.3) is 0 Å². The van der Waals surface area contributed by atoms with Gasteiger partial charge in [0.1, 0.15) is 6.08 Å². The first-order chi connectivity index (χ1) is 3.93. The van der Waals surface area contributed by atoms with Crippen molar-refractivity contribution in [2.45, 2.75) is 0 Å². The normalized spacial score (nSPS) is 14.9. The number of nitrogens with one attached hydrogen (secondary N) is 1. The number of hydrogen-bond acceptors (Lipinski definition) is 1. The van der Waals surface area contributed by atoms with Crippen LogP contribution in [0.2, 0.25) is 0 Å². The Bertz CT molecular complexity index is 152. The maximum Gasteiger partial charge on any atom is 0.202 e. The predicted octanol–water partition coefficient (Wildman–Crippen LogP) is 1.02. The van der Waals surface area contributed by atoms with E-state index in [0.29, 0.717) is 0 Å². The van der Waals surface area contributed by atoms with Crippen LogP contribution in [-0.2, 0) is 0 Å². The average molecular weight is 106 g/mol. The summed E-state index contributed by atoms with van der Waals surface area (Å²) in [6, 6.07) is 0. The first-order valence-corrected chi connectivity index (χ1v) is 2.58. The summed E-state index contributed by atoms with van der Waals surface area (Å²) < 4.78 is 0. The highest BCUT2D eigenvalue weighted by molar-refractivity contribution is 5.26. The second kappa shape index (κ2) is 2.29. The molecule has 1 aliphatic rings. The lowest BCUT2D eigenvalue weighted by atomic mass is 10.2. The number of likely N-dealkylation sites (N-methyl/N-ethyl adjacent to an activating group) is 1. The molecule has 0 amide bonds. The summed E-state index contributed by atoms with van der Waals surface area (Å²) in [6.07, 6.45) is 10.8. The van der Waals surface area contributed by atoms with E-state index in [-0.39, 0.29) is 0 Å². The van der Waals surface area contributed by atoms with E-state index in [4.69, 9.17) is 0 Å². The molecule has 1 rings (SSSR count). The van der Waals surface area contributed by atoms with E-state index in [1.54, 1.807) is 0 Å².